The molecule has 0 amide bonds. The summed E-state index contributed by atoms with van der Waals surface area (Å²) < 4.78 is 38.1. The van der Waals surface area contributed by atoms with E-state index in [1.54, 1.807) is 24.3 Å². The number of anilines is 1. The number of carbonyl (C=O) groups excluding carboxylic acids is 2. The van der Waals surface area contributed by atoms with E-state index >= 15 is 0 Å². The number of esters is 1. The van der Waals surface area contributed by atoms with E-state index in [0.29, 0.717) is 5.58 Å². The van der Waals surface area contributed by atoms with E-state index in [0.717, 1.165) is 5.39 Å². The molecule has 0 saturated heterocycles. The van der Waals surface area contributed by atoms with E-state index < -0.39 is 28.4 Å². The van der Waals surface area contributed by atoms with Crippen LogP contribution in [0.25, 0.3) is 11.0 Å². The van der Waals surface area contributed by atoms with Gasteiger partial charge in [-0.05, 0) is 48.5 Å². The van der Waals surface area contributed by atoms with Crippen molar-refractivity contribution in [1.82, 2.24) is 0 Å². The zero-order valence-electron chi connectivity index (χ0n) is 16.7. The third-order valence-electron chi connectivity index (χ3n) is 4.59. The third kappa shape index (κ3) is 5.19. The van der Waals surface area contributed by atoms with Gasteiger partial charge in [0.15, 0.2) is 12.4 Å². The molecule has 1 aromatic heterocycles. The second-order valence-electron chi connectivity index (χ2n) is 6.91. The fraction of sp³-hybridized carbons (Fsp3) is 0.0435. The molecule has 4 rings (SSSR count). The molecule has 0 atom stereocenters. The summed E-state index contributed by atoms with van der Waals surface area (Å²) in [7, 11) is -3.98. The highest BCUT2D eigenvalue weighted by atomic mass is 35.5. The molecule has 10 heteroatoms. The molecule has 0 spiro atoms. The molecule has 1 heterocycles. The van der Waals surface area contributed by atoms with Crippen molar-refractivity contribution in [3.8, 4) is 0 Å². The second kappa shape index (κ2) is 9.27. The normalized spacial score (nSPS) is 11.3. The molecule has 168 valence electrons. The number of benzene rings is 3. The molecule has 0 aliphatic rings. The van der Waals surface area contributed by atoms with Crippen LogP contribution < -0.4 is 4.72 Å². The van der Waals surface area contributed by atoms with Crippen LogP contribution in [0, 0.1) is 0 Å². The Bertz CT molecular complexity index is 1450. The van der Waals surface area contributed by atoms with Crippen molar-refractivity contribution in [2.24, 2.45) is 0 Å². The number of sulfonamides is 1. The summed E-state index contributed by atoms with van der Waals surface area (Å²) >= 11 is 11.7. The quantitative estimate of drug-likeness (QED) is 0.260. The van der Waals surface area contributed by atoms with Crippen molar-refractivity contribution in [1.29, 1.82) is 0 Å². The SMILES string of the molecule is O=C(OCC(=O)c1cc2ccccc2o1)c1cccc(NS(=O)(=O)c2ccc(Cl)c(Cl)c2)c1. The minimum absolute atomic E-state index is 0.0572. The molecule has 0 saturated carbocycles. The Labute approximate surface area is 198 Å². The first-order chi connectivity index (χ1) is 15.7. The Morgan fingerprint density at radius 3 is 2.45 bits per heavy atom. The van der Waals surface area contributed by atoms with Crippen LogP contribution in [-0.4, -0.2) is 26.8 Å². The molecule has 0 unspecified atom stereocenters. The van der Waals surface area contributed by atoms with Crippen LogP contribution in [0.5, 0.6) is 0 Å². The maximum absolute atomic E-state index is 12.6. The predicted octanol–water partition coefficient (Wildman–Crippen LogP) is 5.58. The first-order valence-electron chi connectivity index (χ1n) is 9.50. The monoisotopic (exact) mass is 503 g/mol. The van der Waals surface area contributed by atoms with Gasteiger partial charge in [-0.3, -0.25) is 9.52 Å². The number of furan rings is 1. The molecule has 4 aromatic rings. The van der Waals surface area contributed by atoms with Gasteiger partial charge in [-0.25, -0.2) is 13.2 Å². The molecule has 0 aliphatic heterocycles. The van der Waals surface area contributed by atoms with Gasteiger partial charge >= 0.3 is 5.97 Å². The molecule has 7 nitrogen and oxygen atoms in total. The van der Waals surface area contributed by atoms with E-state index in [1.165, 1.54) is 42.5 Å². The van der Waals surface area contributed by atoms with Gasteiger partial charge in [-0.1, -0.05) is 47.5 Å². The van der Waals surface area contributed by atoms with Crippen LogP contribution >= 0.6 is 23.2 Å². The Hall–Kier alpha value is -3.33. The van der Waals surface area contributed by atoms with Crippen LogP contribution in [-0.2, 0) is 14.8 Å². The average Bonchev–Trinajstić information content (AvgIpc) is 3.23. The van der Waals surface area contributed by atoms with Crippen molar-refractivity contribution in [2.45, 2.75) is 4.90 Å². The molecular weight excluding hydrogens is 489 g/mol. The predicted molar refractivity (Wildman–Crippen MR) is 125 cm³/mol. The van der Waals surface area contributed by atoms with E-state index in [4.69, 9.17) is 32.4 Å². The standard InChI is InChI=1S/C23H15Cl2NO6S/c24-18-9-8-17(12-19(18)25)33(29,30)26-16-6-3-5-15(10-16)23(28)31-13-20(27)22-11-14-4-1-2-7-21(14)32-22/h1-12,26H,13H2. The summed E-state index contributed by atoms with van der Waals surface area (Å²) in [5, 5.41) is 1.07. The number of fused-ring (bicyclic) bond motifs is 1. The van der Waals surface area contributed by atoms with Gasteiger partial charge in [0.1, 0.15) is 5.58 Å². The highest BCUT2D eigenvalue weighted by Crippen LogP contribution is 2.26. The third-order valence-corrected chi connectivity index (χ3v) is 6.70. The topological polar surface area (TPSA) is 103 Å². The van der Waals surface area contributed by atoms with Gasteiger partial charge in [0.05, 0.1) is 20.5 Å². The summed E-state index contributed by atoms with van der Waals surface area (Å²) in [6.45, 7) is -0.530. The summed E-state index contributed by atoms with van der Waals surface area (Å²) in [5.41, 5.74) is 0.731. The van der Waals surface area contributed by atoms with E-state index in [2.05, 4.69) is 4.72 Å². The maximum Gasteiger partial charge on any atom is 0.338 e. The van der Waals surface area contributed by atoms with Crippen molar-refractivity contribution in [2.75, 3.05) is 11.3 Å². The van der Waals surface area contributed by atoms with E-state index in [1.807, 2.05) is 6.07 Å². The van der Waals surface area contributed by atoms with Crippen LogP contribution in [0.3, 0.4) is 0 Å². The Morgan fingerprint density at radius 1 is 0.909 bits per heavy atom. The number of ether oxygens (including phenoxy) is 1. The Kier molecular flexibility index (Phi) is 6.42. The first-order valence-corrected chi connectivity index (χ1v) is 11.7. The molecule has 0 radical (unpaired) electrons. The zero-order chi connectivity index (χ0) is 23.6. The number of hydrogen-bond donors (Lipinski definition) is 1. The molecule has 0 fully saturated rings. The van der Waals surface area contributed by atoms with E-state index in [9.17, 15) is 18.0 Å². The van der Waals surface area contributed by atoms with Gasteiger partial charge in [0, 0.05) is 11.1 Å². The van der Waals surface area contributed by atoms with Gasteiger partial charge in [0.25, 0.3) is 10.0 Å². The summed E-state index contributed by atoms with van der Waals surface area (Å²) in [6, 6.07) is 18.2. The van der Waals surface area contributed by atoms with Crippen LogP contribution in [0.1, 0.15) is 20.9 Å². The van der Waals surface area contributed by atoms with Crippen molar-refractivity contribution in [3.63, 3.8) is 0 Å². The van der Waals surface area contributed by atoms with Crippen molar-refractivity contribution in [3.05, 3.63) is 94.2 Å². The lowest BCUT2D eigenvalue weighted by Gasteiger charge is -2.10. The van der Waals surface area contributed by atoms with Crippen molar-refractivity contribution >= 4 is 61.6 Å². The number of rotatable bonds is 7. The molecule has 0 aliphatic carbocycles. The highest BCUT2D eigenvalue weighted by molar-refractivity contribution is 7.92. The van der Waals surface area contributed by atoms with Gasteiger partial charge < -0.3 is 9.15 Å². The van der Waals surface area contributed by atoms with Crippen LogP contribution in [0.4, 0.5) is 5.69 Å². The lowest BCUT2D eigenvalue weighted by molar-refractivity contribution is 0.0468. The Morgan fingerprint density at radius 2 is 1.70 bits per heavy atom. The van der Waals surface area contributed by atoms with E-state index in [-0.39, 0.29) is 32.0 Å². The fourth-order valence-corrected chi connectivity index (χ4v) is 4.41. The first kappa shape index (κ1) is 22.8. The lowest BCUT2D eigenvalue weighted by atomic mass is 10.2. The minimum atomic E-state index is -3.98. The zero-order valence-corrected chi connectivity index (χ0v) is 19.1. The second-order valence-corrected chi connectivity index (χ2v) is 9.41. The van der Waals surface area contributed by atoms with Gasteiger partial charge in [-0.15, -0.1) is 0 Å². The number of hydrogen-bond acceptors (Lipinski definition) is 6. The minimum Gasteiger partial charge on any atom is -0.454 e. The number of Topliss-reactive ketones (excluding diaryl/α,β-unsaturated/α-hetero) is 1. The fourth-order valence-electron chi connectivity index (χ4n) is 2.97. The molecule has 33 heavy (non-hydrogen) atoms. The maximum atomic E-state index is 12.6. The average molecular weight is 504 g/mol. The molecule has 1 N–H and O–H groups in total. The summed E-state index contributed by atoms with van der Waals surface area (Å²) in [6.07, 6.45) is 0. The van der Waals surface area contributed by atoms with Crippen LogP contribution in [0.2, 0.25) is 10.0 Å². The van der Waals surface area contributed by atoms with Crippen molar-refractivity contribution < 1.29 is 27.2 Å². The highest BCUT2D eigenvalue weighted by Gasteiger charge is 2.18. The number of halogens is 2. The lowest BCUT2D eigenvalue weighted by Crippen LogP contribution is -2.15. The molecule has 3 aromatic carbocycles. The molecule has 0 bridgehead atoms. The van der Waals surface area contributed by atoms with Gasteiger partial charge in [-0.2, -0.15) is 0 Å². The largest absolute Gasteiger partial charge is 0.454 e. The number of para-hydroxylation sites is 1. The molecular formula is C23H15Cl2NO6S. The smallest absolute Gasteiger partial charge is 0.338 e. The number of nitrogens with one attached hydrogen (secondary N) is 1. The summed E-state index contributed by atoms with van der Waals surface area (Å²) in [4.78, 5) is 24.6. The number of carbonyl (C=O) groups is 2. The van der Waals surface area contributed by atoms with Crippen LogP contribution in [0.15, 0.2) is 82.1 Å². The number of ketones is 1. The Balaban J connectivity index is 1.43. The van der Waals surface area contributed by atoms with Gasteiger partial charge in [0.2, 0.25) is 5.78 Å². The summed E-state index contributed by atoms with van der Waals surface area (Å²) in [5.74, 6) is -1.22.